The summed E-state index contributed by atoms with van der Waals surface area (Å²) in [5.41, 5.74) is 4.36. The number of thioether (sulfide) groups is 1. The predicted molar refractivity (Wildman–Crippen MR) is 113 cm³/mol. The molecule has 2 aromatic carbocycles. The lowest BCUT2D eigenvalue weighted by atomic mass is 10.0. The summed E-state index contributed by atoms with van der Waals surface area (Å²) in [6.07, 6.45) is 0.824. The van der Waals surface area contributed by atoms with Crippen LogP contribution in [0.4, 0.5) is 0 Å². The van der Waals surface area contributed by atoms with Crippen LogP contribution in [0.1, 0.15) is 36.1 Å². The molecule has 0 aliphatic heterocycles. The topological polar surface area (TPSA) is 85.8 Å². The Balaban J connectivity index is 1.61. The molecule has 1 heterocycles. The minimum absolute atomic E-state index is 0.00688. The number of hydrogen-bond donors (Lipinski definition) is 2. The van der Waals surface area contributed by atoms with Crippen molar-refractivity contribution < 1.29 is 4.79 Å². The van der Waals surface area contributed by atoms with Crippen LogP contribution >= 0.6 is 11.8 Å². The molecule has 0 saturated carbocycles. The monoisotopic (exact) mass is 395 g/mol. The van der Waals surface area contributed by atoms with Gasteiger partial charge in [-0.1, -0.05) is 78.3 Å². The van der Waals surface area contributed by atoms with E-state index in [9.17, 15) is 4.79 Å². The third-order valence-electron chi connectivity index (χ3n) is 4.53. The van der Waals surface area contributed by atoms with E-state index >= 15 is 0 Å². The van der Waals surface area contributed by atoms with Crippen molar-refractivity contribution in [1.82, 2.24) is 20.2 Å². The van der Waals surface area contributed by atoms with Gasteiger partial charge in [-0.25, -0.2) is 4.68 Å². The lowest BCUT2D eigenvalue weighted by molar-refractivity contribution is -0.119. The zero-order chi connectivity index (χ0) is 20.1. The van der Waals surface area contributed by atoms with Crippen molar-refractivity contribution in [3.8, 4) is 11.4 Å². The molecule has 0 radical (unpaired) electrons. The fourth-order valence-electron chi connectivity index (χ4n) is 2.86. The number of nitrogen functional groups attached to an aromatic ring is 1. The van der Waals surface area contributed by atoms with E-state index in [1.54, 1.807) is 0 Å². The number of nitrogens with one attached hydrogen (secondary N) is 1. The minimum atomic E-state index is -0.0580. The van der Waals surface area contributed by atoms with Gasteiger partial charge >= 0.3 is 0 Å². The lowest BCUT2D eigenvalue weighted by Crippen LogP contribution is -2.29. The van der Waals surface area contributed by atoms with E-state index in [2.05, 4.69) is 46.7 Å². The maximum Gasteiger partial charge on any atom is 0.230 e. The Morgan fingerprint density at radius 2 is 1.68 bits per heavy atom. The molecule has 3 rings (SSSR count). The first-order valence-corrected chi connectivity index (χ1v) is 10.2. The zero-order valence-electron chi connectivity index (χ0n) is 16.3. The number of aryl methyl sites for hydroxylation is 2. The molecule has 0 spiro atoms. The normalized spacial score (nSPS) is 12.0. The van der Waals surface area contributed by atoms with Crippen LogP contribution in [0.5, 0.6) is 0 Å². The van der Waals surface area contributed by atoms with Gasteiger partial charge in [-0.05, 0) is 25.8 Å². The van der Waals surface area contributed by atoms with E-state index in [1.165, 1.54) is 22.0 Å². The second kappa shape index (κ2) is 8.93. The van der Waals surface area contributed by atoms with Crippen molar-refractivity contribution in [2.24, 2.45) is 0 Å². The number of nitrogens with two attached hydrogens (primary N) is 1. The van der Waals surface area contributed by atoms with Gasteiger partial charge in [0.25, 0.3) is 0 Å². The van der Waals surface area contributed by atoms with Crippen molar-refractivity contribution in [1.29, 1.82) is 0 Å². The standard InChI is InChI=1S/C21H25N5OS/c1-4-18(16-9-5-14(2)6-10-16)23-19(27)13-28-21-25-24-20(26(21)22)17-11-7-15(3)8-12-17/h5-12,18H,4,13,22H2,1-3H3,(H,23,27)/t18-/m1/s1. The van der Waals surface area contributed by atoms with Gasteiger partial charge in [-0.15, -0.1) is 10.2 Å². The molecule has 0 aliphatic rings. The van der Waals surface area contributed by atoms with Crippen molar-refractivity contribution in [2.45, 2.75) is 38.4 Å². The van der Waals surface area contributed by atoms with Crippen LogP contribution in [0.15, 0.2) is 53.7 Å². The van der Waals surface area contributed by atoms with Gasteiger partial charge in [0.15, 0.2) is 5.82 Å². The molecule has 0 fully saturated rings. The van der Waals surface area contributed by atoms with Gasteiger partial charge in [0, 0.05) is 5.56 Å². The maximum absolute atomic E-state index is 12.4. The van der Waals surface area contributed by atoms with E-state index in [0.29, 0.717) is 11.0 Å². The molecule has 1 atom stereocenters. The molecule has 3 aromatic rings. The van der Waals surface area contributed by atoms with Crippen molar-refractivity contribution in [3.63, 3.8) is 0 Å². The van der Waals surface area contributed by atoms with Crippen molar-refractivity contribution in [3.05, 3.63) is 65.2 Å². The molecule has 6 nitrogen and oxygen atoms in total. The highest BCUT2D eigenvalue weighted by Crippen LogP contribution is 2.22. The fourth-order valence-corrected chi connectivity index (χ4v) is 3.53. The van der Waals surface area contributed by atoms with E-state index in [-0.39, 0.29) is 17.7 Å². The van der Waals surface area contributed by atoms with Crippen LogP contribution in [0.25, 0.3) is 11.4 Å². The molecule has 7 heteroatoms. The van der Waals surface area contributed by atoms with Gasteiger partial charge < -0.3 is 11.2 Å². The number of amides is 1. The molecule has 0 saturated heterocycles. The average molecular weight is 396 g/mol. The second-order valence-electron chi connectivity index (χ2n) is 6.77. The van der Waals surface area contributed by atoms with Crippen molar-refractivity contribution >= 4 is 17.7 Å². The van der Waals surface area contributed by atoms with Gasteiger partial charge in [-0.2, -0.15) is 0 Å². The van der Waals surface area contributed by atoms with Gasteiger partial charge in [0.05, 0.1) is 11.8 Å². The minimum Gasteiger partial charge on any atom is -0.349 e. The number of rotatable bonds is 7. The Morgan fingerprint density at radius 3 is 2.29 bits per heavy atom. The number of hydrogen-bond acceptors (Lipinski definition) is 5. The molecule has 0 unspecified atom stereocenters. The third kappa shape index (κ3) is 4.72. The Hall–Kier alpha value is -2.80. The summed E-state index contributed by atoms with van der Waals surface area (Å²) >= 11 is 1.28. The first-order chi connectivity index (χ1) is 13.5. The summed E-state index contributed by atoms with van der Waals surface area (Å²) in [6, 6.07) is 16.1. The van der Waals surface area contributed by atoms with E-state index in [0.717, 1.165) is 23.1 Å². The van der Waals surface area contributed by atoms with E-state index in [1.807, 2.05) is 38.1 Å². The van der Waals surface area contributed by atoms with E-state index < -0.39 is 0 Å². The maximum atomic E-state index is 12.4. The number of aromatic nitrogens is 3. The Labute approximate surface area is 169 Å². The Kier molecular flexibility index (Phi) is 6.36. The summed E-state index contributed by atoms with van der Waals surface area (Å²) in [7, 11) is 0. The zero-order valence-corrected chi connectivity index (χ0v) is 17.2. The van der Waals surface area contributed by atoms with Crippen LogP contribution < -0.4 is 11.2 Å². The Morgan fingerprint density at radius 1 is 1.07 bits per heavy atom. The van der Waals surface area contributed by atoms with Crippen LogP contribution in [0.3, 0.4) is 0 Å². The molecule has 0 aliphatic carbocycles. The molecular weight excluding hydrogens is 370 g/mol. The molecule has 1 amide bonds. The van der Waals surface area contributed by atoms with Gasteiger partial charge in [0.1, 0.15) is 0 Å². The highest BCUT2D eigenvalue weighted by Gasteiger charge is 2.16. The summed E-state index contributed by atoms with van der Waals surface area (Å²) in [5.74, 6) is 6.88. The lowest BCUT2D eigenvalue weighted by Gasteiger charge is -2.17. The highest BCUT2D eigenvalue weighted by atomic mass is 32.2. The summed E-state index contributed by atoms with van der Waals surface area (Å²) in [4.78, 5) is 12.4. The highest BCUT2D eigenvalue weighted by molar-refractivity contribution is 7.99. The molecule has 28 heavy (non-hydrogen) atoms. The fraction of sp³-hybridized carbons (Fsp3) is 0.286. The molecule has 3 N–H and O–H groups in total. The number of benzene rings is 2. The van der Waals surface area contributed by atoms with Crippen LogP contribution in [0, 0.1) is 13.8 Å². The summed E-state index contributed by atoms with van der Waals surface area (Å²) in [5, 5.41) is 11.9. The smallest absolute Gasteiger partial charge is 0.230 e. The van der Waals surface area contributed by atoms with Gasteiger partial charge in [0.2, 0.25) is 11.1 Å². The third-order valence-corrected chi connectivity index (χ3v) is 5.47. The largest absolute Gasteiger partial charge is 0.349 e. The van der Waals surface area contributed by atoms with Crippen LogP contribution in [-0.4, -0.2) is 26.5 Å². The Bertz CT molecular complexity index is 934. The molecular formula is C21H25N5OS. The SMILES string of the molecule is CC[C@@H](NC(=O)CSc1nnc(-c2ccc(C)cc2)n1N)c1ccc(C)cc1. The second-order valence-corrected chi connectivity index (χ2v) is 7.71. The first kappa shape index (κ1) is 19.9. The average Bonchev–Trinajstić information content (AvgIpc) is 3.06. The first-order valence-electron chi connectivity index (χ1n) is 9.24. The number of carbonyl (C=O) groups is 1. The molecule has 146 valence electrons. The van der Waals surface area contributed by atoms with Crippen molar-refractivity contribution in [2.75, 3.05) is 11.6 Å². The van der Waals surface area contributed by atoms with Crippen LogP contribution in [0.2, 0.25) is 0 Å². The number of carbonyl (C=O) groups excluding carboxylic acids is 1. The quantitative estimate of drug-likeness (QED) is 0.471. The van der Waals surface area contributed by atoms with E-state index in [4.69, 9.17) is 5.84 Å². The van der Waals surface area contributed by atoms with Gasteiger partial charge in [-0.3, -0.25) is 4.79 Å². The summed E-state index contributed by atoms with van der Waals surface area (Å²) < 4.78 is 1.43. The number of nitrogens with zero attached hydrogens (tertiary/aromatic N) is 3. The van der Waals surface area contributed by atoms with Crippen LogP contribution in [-0.2, 0) is 4.79 Å². The molecule has 1 aromatic heterocycles. The molecule has 0 bridgehead atoms. The summed E-state index contributed by atoms with van der Waals surface area (Å²) in [6.45, 7) is 6.13. The predicted octanol–water partition coefficient (Wildman–Crippen LogP) is 3.64.